The van der Waals surface area contributed by atoms with Crippen molar-refractivity contribution < 1.29 is 55.7 Å². The van der Waals surface area contributed by atoms with E-state index in [9.17, 15) is 31.1 Å². The number of hydrogen-bond donors (Lipinski definition) is 3. The minimum absolute atomic E-state index is 0.0197. The molecule has 222 valence electrons. The zero-order chi connectivity index (χ0) is 30.8. The Kier molecular flexibility index (Phi) is 11.2. The number of halogens is 6. The van der Waals surface area contributed by atoms with Crippen molar-refractivity contribution in [2.45, 2.75) is 18.3 Å². The Balaban J connectivity index is 0.000000349. The lowest BCUT2D eigenvalue weighted by Crippen LogP contribution is -2.37. The fourth-order valence-electron chi connectivity index (χ4n) is 3.51. The number of rotatable bonds is 5. The van der Waals surface area contributed by atoms with Crippen LogP contribution in [0.25, 0.3) is 11.3 Å². The van der Waals surface area contributed by atoms with Crippen LogP contribution in [0.5, 0.6) is 5.75 Å². The van der Waals surface area contributed by atoms with Gasteiger partial charge in [-0.05, 0) is 5.56 Å². The highest BCUT2D eigenvalue weighted by atomic mass is 19.4. The average molecular weight is 589 g/mol. The number of anilines is 1. The Bertz CT molecular complexity index is 1280. The largest absolute Gasteiger partial charge is 0.542 e. The number of methoxy groups -OCH3 is 1. The van der Waals surface area contributed by atoms with Gasteiger partial charge in [0.05, 0.1) is 31.1 Å². The molecule has 1 aliphatic heterocycles. The lowest BCUT2D eigenvalue weighted by Gasteiger charge is -2.19. The summed E-state index contributed by atoms with van der Waals surface area (Å²) in [5.74, 6) is -5.43. The van der Waals surface area contributed by atoms with Gasteiger partial charge in [0.25, 0.3) is 0 Å². The number of aliphatic carboxylic acids is 2. The van der Waals surface area contributed by atoms with Crippen LogP contribution in [0, 0.1) is 5.92 Å². The first-order valence-corrected chi connectivity index (χ1v) is 11.3. The maximum absolute atomic E-state index is 12.9. The molecule has 3 heterocycles. The Hall–Kier alpha value is -4.67. The summed E-state index contributed by atoms with van der Waals surface area (Å²) >= 11 is 0. The van der Waals surface area contributed by atoms with Crippen LogP contribution in [0.1, 0.15) is 11.5 Å². The molecule has 0 bridgehead atoms. The van der Waals surface area contributed by atoms with Gasteiger partial charge in [-0.2, -0.15) is 31.4 Å². The third-order valence-corrected chi connectivity index (χ3v) is 5.35. The Labute approximate surface area is 227 Å². The maximum Gasteiger partial charge on any atom is 0.430 e. The number of amides is 1. The summed E-state index contributed by atoms with van der Waals surface area (Å²) in [6.07, 6.45) is -5.32. The highest BCUT2D eigenvalue weighted by Crippen LogP contribution is 2.32. The highest BCUT2D eigenvalue weighted by Gasteiger charge is 2.34. The minimum atomic E-state index is -5.19. The van der Waals surface area contributed by atoms with Gasteiger partial charge in [-0.15, -0.1) is 0 Å². The van der Waals surface area contributed by atoms with Gasteiger partial charge in [0.15, 0.2) is 0 Å². The predicted molar refractivity (Wildman–Crippen MR) is 125 cm³/mol. The number of aromatic amines is 1. The highest BCUT2D eigenvalue weighted by molar-refractivity contribution is 5.94. The van der Waals surface area contributed by atoms with Crippen molar-refractivity contribution >= 4 is 23.5 Å². The summed E-state index contributed by atoms with van der Waals surface area (Å²) < 4.78 is 68.5. The summed E-state index contributed by atoms with van der Waals surface area (Å²) in [7, 11) is 1.58. The van der Waals surface area contributed by atoms with E-state index >= 15 is 0 Å². The molecule has 3 N–H and O–H groups in total. The number of pyridine rings is 1. The summed E-state index contributed by atoms with van der Waals surface area (Å²) in [6, 6.07) is 11.9. The molecule has 3 aromatic rings. The van der Waals surface area contributed by atoms with E-state index in [2.05, 4.69) is 37.9 Å². The number of carboxylic acid groups (broad SMARTS) is 2. The van der Waals surface area contributed by atoms with E-state index in [1.165, 1.54) is 5.56 Å². The fraction of sp³-hybridized carbons (Fsp3) is 0.292. The minimum Gasteiger partial charge on any atom is -0.542 e. The van der Waals surface area contributed by atoms with Gasteiger partial charge in [-0.3, -0.25) is 14.9 Å². The molecule has 11 nitrogen and oxygen atoms in total. The molecule has 1 saturated heterocycles. The van der Waals surface area contributed by atoms with Gasteiger partial charge >= 0.3 is 12.4 Å². The first-order chi connectivity index (χ1) is 19.1. The molecular formula is C24H21F6N5O6-2. The summed E-state index contributed by atoms with van der Waals surface area (Å²) in [4.78, 5) is 34.9. The quantitative estimate of drug-likeness (QED) is 0.368. The number of nitrogens with zero attached hydrogens (tertiary/aromatic N) is 2. The van der Waals surface area contributed by atoms with Gasteiger partial charge in [0.1, 0.15) is 23.4 Å². The van der Waals surface area contributed by atoms with Crippen LogP contribution in [0.3, 0.4) is 0 Å². The van der Waals surface area contributed by atoms with Gasteiger partial charge in [0.2, 0.25) is 5.91 Å². The molecule has 0 unspecified atom stereocenters. The Morgan fingerprint density at radius 2 is 1.56 bits per heavy atom. The van der Waals surface area contributed by atoms with Crippen LogP contribution < -0.4 is 25.6 Å². The molecule has 2 aromatic heterocycles. The molecule has 0 aliphatic carbocycles. The molecule has 0 saturated carbocycles. The van der Waals surface area contributed by atoms with Crippen LogP contribution in [-0.4, -0.2) is 65.6 Å². The van der Waals surface area contributed by atoms with Gasteiger partial charge in [-0.25, -0.2) is 0 Å². The van der Waals surface area contributed by atoms with E-state index in [-0.39, 0.29) is 17.7 Å². The Morgan fingerprint density at radius 1 is 0.976 bits per heavy atom. The lowest BCUT2D eigenvalue weighted by molar-refractivity contribution is -0.344. The number of nitrogens with one attached hydrogen (secondary N) is 3. The van der Waals surface area contributed by atoms with Crippen LogP contribution in [-0.2, 0) is 14.4 Å². The number of ether oxygens (including phenoxy) is 1. The summed E-state index contributed by atoms with van der Waals surface area (Å²) in [6.45, 7) is 1.45. The number of benzene rings is 1. The molecule has 4 rings (SSSR count). The molecule has 41 heavy (non-hydrogen) atoms. The fourth-order valence-corrected chi connectivity index (χ4v) is 3.51. The summed E-state index contributed by atoms with van der Waals surface area (Å²) in [5, 5.41) is 30.6. The van der Waals surface area contributed by atoms with Gasteiger partial charge in [0, 0.05) is 36.8 Å². The third-order valence-electron chi connectivity index (χ3n) is 5.35. The predicted octanol–water partition coefficient (Wildman–Crippen LogP) is 1.02. The van der Waals surface area contributed by atoms with E-state index in [0.29, 0.717) is 23.7 Å². The molecule has 2 atom stereocenters. The maximum atomic E-state index is 12.9. The van der Waals surface area contributed by atoms with Crippen molar-refractivity contribution in [3.8, 4) is 17.0 Å². The number of hydrogen-bond acceptors (Lipinski definition) is 9. The van der Waals surface area contributed by atoms with Crippen molar-refractivity contribution in [3.05, 3.63) is 60.6 Å². The van der Waals surface area contributed by atoms with E-state index < -0.39 is 24.3 Å². The van der Waals surface area contributed by atoms with E-state index in [0.717, 1.165) is 12.1 Å². The number of carboxylic acids is 2. The molecule has 0 spiro atoms. The number of aromatic nitrogens is 3. The first kappa shape index (κ1) is 32.5. The van der Waals surface area contributed by atoms with Crippen molar-refractivity contribution in [2.24, 2.45) is 5.92 Å². The average Bonchev–Trinajstić information content (AvgIpc) is 3.62. The zero-order valence-electron chi connectivity index (χ0n) is 20.9. The smallest absolute Gasteiger partial charge is 0.430 e. The van der Waals surface area contributed by atoms with Gasteiger partial charge < -0.3 is 35.2 Å². The molecule has 1 fully saturated rings. The van der Waals surface area contributed by atoms with Crippen LogP contribution >= 0.6 is 0 Å². The van der Waals surface area contributed by atoms with Crippen LogP contribution in [0.4, 0.5) is 32.0 Å². The number of H-pyrrole nitrogens is 1. The third kappa shape index (κ3) is 9.79. The molecule has 1 aromatic carbocycles. The monoisotopic (exact) mass is 589 g/mol. The molecule has 17 heteroatoms. The second-order valence-electron chi connectivity index (χ2n) is 8.10. The zero-order valence-corrected chi connectivity index (χ0v) is 20.9. The SMILES string of the molecule is COc1cc(NC(=O)[C@H]2CNC[C@@H]2c2ccccc2)cnc1-c1cn[nH]c1.O=C([O-])C(F)(F)F.O=C([O-])C(F)(F)F. The van der Waals surface area contributed by atoms with Crippen molar-refractivity contribution in [1.29, 1.82) is 0 Å². The van der Waals surface area contributed by atoms with Crippen molar-refractivity contribution in [3.63, 3.8) is 0 Å². The summed E-state index contributed by atoms with van der Waals surface area (Å²) in [5.41, 5.74) is 3.29. The van der Waals surface area contributed by atoms with Gasteiger partial charge in [-0.1, -0.05) is 30.3 Å². The normalized spacial score (nSPS) is 16.4. The molecule has 1 amide bonds. The topological polar surface area (TPSA) is 172 Å². The van der Waals surface area contributed by atoms with Crippen molar-refractivity contribution in [2.75, 3.05) is 25.5 Å². The van der Waals surface area contributed by atoms with E-state index in [1.807, 2.05) is 18.2 Å². The Morgan fingerprint density at radius 3 is 2.05 bits per heavy atom. The lowest BCUT2D eigenvalue weighted by atomic mass is 9.88. The number of alkyl halides is 6. The standard InChI is InChI=1S/C20H21N5O2.2C2HF3O2/c1-27-18-7-15(10-22-19(18)14-8-23-24-9-14)25-20(26)17-12-21-11-16(17)13-5-3-2-4-6-13;2*3-2(4,5)1(6)7/h2-10,16-17,21H,11-12H2,1H3,(H,23,24)(H,25,26);2*(H,6,7)/p-2/t16-,17+;;/m1../s1. The van der Waals surface area contributed by atoms with Crippen molar-refractivity contribution in [1.82, 2.24) is 20.5 Å². The van der Waals surface area contributed by atoms with Crippen LogP contribution in [0.2, 0.25) is 0 Å². The molecule has 0 radical (unpaired) electrons. The molecular weight excluding hydrogens is 568 g/mol. The second kappa shape index (κ2) is 14.1. The van der Waals surface area contributed by atoms with E-state index in [4.69, 9.17) is 24.5 Å². The second-order valence-corrected chi connectivity index (χ2v) is 8.10. The molecule has 1 aliphatic rings. The van der Waals surface area contributed by atoms with E-state index in [1.54, 1.807) is 31.8 Å². The van der Waals surface area contributed by atoms with Crippen LogP contribution in [0.15, 0.2) is 55.0 Å². The number of carbonyl (C=O) groups is 3. The first-order valence-electron chi connectivity index (χ1n) is 11.3. The number of carbonyl (C=O) groups excluding carboxylic acids is 3.